The second-order valence-corrected chi connectivity index (χ2v) is 7.11. The fourth-order valence-electron chi connectivity index (χ4n) is 3.23. The number of anilines is 1. The van der Waals surface area contributed by atoms with Gasteiger partial charge in [-0.15, -0.1) is 0 Å². The monoisotopic (exact) mass is 313 g/mol. The van der Waals surface area contributed by atoms with Gasteiger partial charge in [-0.2, -0.15) is 11.8 Å². The Kier molecular flexibility index (Phi) is 3.66. The average molecular weight is 313 g/mol. The summed E-state index contributed by atoms with van der Waals surface area (Å²) >= 11 is 1.94. The summed E-state index contributed by atoms with van der Waals surface area (Å²) < 4.78 is 0. The summed E-state index contributed by atoms with van der Waals surface area (Å²) in [5, 5.41) is 1.17. The Morgan fingerprint density at radius 3 is 2.73 bits per heavy atom. The molecule has 4 rings (SSSR count). The van der Waals surface area contributed by atoms with E-state index in [4.69, 9.17) is 0 Å². The summed E-state index contributed by atoms with van der Waals surface area (Å²) in [5.41, 5.74) is 2.21. The van der Waals surface area contributed by atoms with Gasteiger partial charge in [-0.1, -0.05) is 18.2 Å². The highest BCUT2D eigenvalue weighted by Crippen LogP contribution is 2.31. The molecule has 0 N–H and O–H groups in total. The highest BCUT2D eigenvalue weighted by molar-refractivity contribution is 7.99. The Labute approximate surface area is 134 Å². The fraction of sp³-hybridized carbons (Fsp3) is 0.412. The van der Waals surface area contributed by atoms with Crippen molar-refractivity contribution < 1.29 is 4.79 Å². The smallest absolute Gasteiger partial charge is 0.229 e. The first-order valence-electron chi connectivity index (χ1n) is 7.78. The highest BCUT2D eigenvalue weighted by atomic mass is 32.2. The first-order valence-corrected chi connectivity index (χ1v) is 8.93. The van der Waals surface area contributed by atoms with E-state index in [2.05, 4.69) is 22.0 Å². The van der Waals surface area contributed by atoms with Crippen molar-refractivity contribution in [2.75, 3.05) is 42.6 Å². The molecular formula is C17H19N3OS. The summed E-state index contributed by atoms with van der Waals surface area (Å²) in [6.07, 6.45) is 1.86. The Balaban J connectivity index is 1.47. The third kappa shape index (κ3) is 2.43. The lowest BCUT2D eigenvalue weighted by molar-refractivity contribution is -0.135. The van der Waals surface area contributed by atoms with Crippen LogP contribution in [0, 0.1) is 5.92 Å². The number of pyridine rings is 1. The van der Waals surface area contributed by atoms with Gasteiger partial charge in [0.2, 0.25) is 5.91 Å². The lowest BCUT2D eigenvalue weighted by atomic mass is 9.96. The van der Waals surface area contributed by atoms with Gasteiger partial charge in [0.25, 0.3) is 0 Å². The summed E-state index contributed by atoms with van der Waals surface area (Å²) in [6.45, 7) is 3.49. The van der Waals surface area contributed by atoms with Crippen molar-refractivity contribution in [2.45, 2.75) is 0 Å². The summed E-state index contributed by atoms with van der Waals surface area (Å²) in [6, 6.07) is 10.2. The van der Waals surface area contributed by atoms with Gasteiger partial charge in [-0.25, -0.2) is 0 Å². The topological polar surface area (TPSA) is 36.4 Å². The van der Waals surface area contributed by atoms with Crippen LogP contribution in [0.3, 0.4) is 0 Å². The first kappa shape index (κ1) is 13.9. The number of aromatic nitrogens is 1. The molecule has 2 saturated heterocycles. The van der Waals surface area contributed by atoms with E-state index in [1.807, 2.05) is 41.1 Å². The van der Waals surface area contributed by atoms with Crippen LogP contribution in [-0.4, -0.2) is 53.5 Å². The molecule has 2 fully saturated rings. The van der Waals surface area contributed by atoms with Crippen LogP contribution in [0.25, 0.3) is 10.9 Å². The Bertz CT molecular complexity index is 688. The minimum Gasteiger partial charge on any atom is -0.369 e. The van der Waals surface area contributed by atoms with Gasteiger partial charge < -0.3 is 9.80 Å². The number of fused-ring (bicyclic) bond motifs is 1. The van der Waals surface area contributed by atoms with E-state index in [-0.39, 0.29) is 5.92 Å². The van der Waals surface area contributed by atoms with E-state index >= 15 is 0 Å². The maximum Gasteiger partial charge on any atom is 0.229 e. The third-order valence-corrected chi connectivity index (χ3v) is 5.46. The van der Waals surface area contributed by atoms with Gasteiger partial charge in [-0.05, 0) is 12.1 Å². The van der Waals surface area contributed by atoms with Crippen molar-refractivity contribution in [3.8, 4) is 0 Å². The van der Waals surface area contributed by atoms with E-state index in [0.717, 1.165) is 43.2 Å². The van der Waals surface area contributed by atoms with Gasteiger partial charge in [0.1, 0.15) is 0 Å². The molecule has 0 radical (unpaired) electrons. The zero-order valence-electron chi connectivity index (χ0n) is 12.4. The molecule has 2 aromatic rings. The van der Waals surface area contributed by atoms with Crippen LogP contribution < -0.4 is 4.90 Å². The number of thioether (sulfide) groups is 1. The van der Waals surface area contributed by atoms with Crippen LogP contribution in [0.1, 0.15) is 0 Å². The minimum atomic E-state index is 0.162. The van der Waals surface area contributed by atoms with Gasteiger partial charge >= 0.3 is 0 Å². The molecule has 0 saturated carbocycles. The summed E-state index contributed by atoms with van der Waals surface area (Å²) in [5.74, 6) is 2.67. The third-order valence-electron chi connectivity index (χ3n) is 4.52. The Morgan fingerprint density at radius 1 is 1.14 bits per heavy atom. The van der Waals surface area contributed by atoms with Crippen LogP contribution in [-0.2, 0) is 4.79 Å². The maximum atomic E-state index is 12.5. The van der Waals surface area contributed by atoms with E-state index in [1.54, 1.807) is 0 Å². The predicted molar refractivity (Wildman–Crippen MR) is 91.4 cm³/mol. The number of nitrogens with zero attached hydrogens (tertiary/aromatic N) is 3. The van der Waals surface area contributed by atoms with Crippen molar-refractivity contribution in [3.63, 3.8) is 0 Å². The number of amides is 1. The number of carbonyl (C=O) groups excluding carboxylic acids is 1. The molecule has 22 heavy (non-hydrogen) atoms. The molecule has 114 valence electrons. The molecule has 0 spiro atoms. The number of hydrogen-bond acceptors (Lipinski definition) is 4. The number of hydrogen-bond donors (Lipinski definition) is 0. The maximum absolute atomic E-state index is 12.5. The van der Waals surface area contributed by atoms with E-state index in [0.29, 0.717) is 5.91 Å². The molecule has 5 heteroatoms. The molecular weight excluding hydrogens is 294 g/mol. The molecule has 1 aromatic carbocycles. The second-order valence-electron chi connectivity index (χ2n) is 5.89. The zero-order valence-corrected chi connectivity index (χ0v) is 13.3. The van der Waals surface area contributed by atoms with Crippen molar-refractivity contribution >= 4 is 34.3 Å². The molecule has 3 heterocycles. The van der Waals surface area contributed by atoms with Crippen LogP contribution in [0.15, 0.2) is 36.5 Å². The Hall–Kier alpha value is -1.75. The van der Waals surface area contributed by atoms with Gasteiger partial charge in [0.15, 0.2) is 0 Å². The average Bonchev–Trinajstić information content (AvgIpc) is 2.54. The van der Waals surface area contributed by atoms with Crippen molar-refractivity contribution in [1.29, 1.82) is 0 Å². The second kappa shape index (κ2) is 5.80. The summed E-state index contributed by atoms with van der Waals surface area (Å²) in [4.78, 5) is 21.2. The predicted octanol–water partition coefficient (Wildman–Crippen LogP) is 2.25. The van der Waals surface area contributed by atoms with Gasteiger partial charge in [0.05, 0.1) is 11.4 Å². The lowest BCUT2D eigenvalue weighted by Crippen LogP contribution is -2.55. The van der Waals surface area contributed by atoms with Crippen LogP contribution in [0.4, 0.5) is 5.69 Å². The quantitative estimate of drug-likeness (QED) is 0.852. The number of rotatable bonds is 2. The van der Waals surface area contributed by atoms with Gasteiger partial charge in [0, 0.05) is 55.0 Å². The standard InChI is InChI=1S/C17H19N3OS/c21-17(19-7-9-22-10-8-19)13-11-20(12-13)16-5-6-18-15-4-2-1-3-14(15)16/h1-6,13H,7-12H2. The van der Waals surface area contributed by atoms with Crippen LogP contribution in [0.2, 0.25) is 0 Å². The van der Waals surface area contributed by atoms with E-state index in [1.165, 1.54) is 11.1 Å². The van der Waals surface area contributed by atoms with Crippen LogP contribution in [0.5, 0.6) is 0 Å². The zero-order chi connectivity index (χ0) is 14.9. The molecule has 0 unspecified atom stereocenters. The SMILES string of the molecule is O=C(C1CN(c2ccnc3ccccc23)C1)N1CCSCC1. The van der Waals surface area contributed by atoms with Crippen LogP contribution >= 0.6 is 11.8 Å². The molecule has 0 aliphatic carbocycles. The number of para-hydroxylation sites is 1. The van der Waals surface area contributed by atoms with Crippen molar-refractivity contribution in [2.24, 2.45) is 5.92 Å². The fourth-order valence-corrected chi connectivity index (χ4v) is 4.13. The Morgan fingerprint density at radius 2 is 1.91 bits per heavy atom. The van der Waals surface area contributed by atoms with Crippen molar-refractivity contribution in [1.82, 2.24) is 9.88 Å². The lowest BCUT2D eigenvalue weighted by Gasteiger charge is -2.43. The normalized spacial score (nSPS) is 19.3. The first-order chi connectivity index (χ1) is 10.8. The van der Waals surface area contributed by atoms with Gasteiger partial charge in [-0.3, -0.25) is 9.78 Å². The number of carbonyl (C=O) groups is 1. The minimum absolute atomic E-state index is 0.162. The molecule has 0 bridgehead atoms. The molecule has 0 atom stereocenters. The molecule has 1 aromatic heterocycles. The largest absolute Gasteiger partial charge is 0.369 e. The van der Waals surface area contributed by atoms with E-state index < -0.39 is 0 Å². The summed E-state index contributed by atoms with van der Waals surface area (Å²) in [7, 11) is 0. The molecule has 4 nitrogen and oxygen atoms in total. The van der Waals surface area contributed by atoms with E-state index in [9.17, 15) is 4.79 Å². The molecule has 1 amide bonds. The highest BCUT2D eigenvalue weighted by Gasteiger charge is 2.36. The molecule has 2 aliphatic heterocycles. The number of benzene rings is 1. The van der Waals surface area contributed by atoms with Crippen molar-refractivity contribution in [3.05, 3.63) is 36.5 Å². The molecule has 2 aliphatic rings.